The van der Waals surface area contributed by atoms with Crippen molar-refractivity contribution in [1.29, 1.82) is 0 Å². The molecule has 3 rings (SSSR count). The maximum absolute atomic E-state index is 5.88. The molecule has 0 aliphatic carbocycles. The minimum atomic E-state index is 0.535. The van der Waals surface area contributed by atoms with Gasteiger partial charge in [-0.3, -0.25) is 9.97 Å². The van der Waals surface area contributed by atoms with Crippen molar-refractivity contribution in [2.24, 2.45) is 0 Å². The van der Waals surface area contributed by atoms with E-state index < -0.39 is 0 Å². The van der Waals surface area contributed by atoms with E-state index in [1.807, 2.05) is 31.2 Å². The van der Waals surface area contributed by atoms with Gasteiger partial charge in [-0.05, 0) is 24.6 Å². The Hall–Kier alpha value is -2.53. The van der Waals surface area contributed by atoms with Crippen molar-refractivity contribution in [3.05, 3.63) is 65.5 Å². The zero-order valence-electron chi connectivity index (χ0n) is 12.0. The maximum Gasteiger partial charge on any atom is 0.222 e. The summed E-state index contributed by atoms with van der Waals surface area (Å²) < 4.78 is 0. The van der Waals surface area contributed by atoms with Crippen molar-refractivity contribution in [2.45, 2.75) is 13.5 Å². The van der Waals surface area contributed by atoms with Crippen LogP contribution in [-0.2, 0) is 6.54 Å². The first-order valence-electron chi connectivity index (χ1n) is 6.80. The van der Waals surface area contributed by atoms with Gasteiger partial charge in [0.1, 0.15) is 0 Å². The summed E-state index contributed by atoms with van der Waals surface area (Å²) in [4.78, 5) is 17.1. The largest absolute Gasteiger partial charge is 0.349 e. The monoisotopic (exact) mass is 311 g/mol. The molecule has 5 nitrogen and oxygen atoms in total. The van der Waals surface area contributed by atoms with Gasteiger partial charge in [0.05, 0.1) is 24.1 Å². The van der Waals surface area contributed by atoms with Crippen LogP contribution in [0.1, 0.15) is 11.4 Å². The summed E-state index contributed by atoms with van der Waals surface area (Å²) in [5, 5.41) is 3.83. The third kappa shape index (κ3) is 3.56. The zero-order chi connectivity index (χ0) is 15.4. The number of hydrogen-bond acceptors (Lipinski definition) is 5. The van der Waals surface area contributed by atoms with Crippen molar-refractivity contribution in [1.82, 2.24) is 19.9 Å². The molecule has 0 fully saturated rings. The Kier molecular flexibility index (Phi) is 4.25. The van der Waals surface area contributed by atoms with Crippen LogP contribution in [-0.4, -0.2) is 19.9 Å². The molecule has 1 aromatic carbocycles. The Balaban J connectivity index is 1.66. The van der Waals surface area contributed by atoms with Gasteiger partial charge in [-0.2, -0.15) is 0 Å². The predicted molar refractivity (Wildman–Crippen MR) is 86.6 cm³/mol. The Morgan fingerprint density at radius 1 is 0.864 bits per heavy atom. The summed E-state index contributed by atoms with van der Waals surface area (Å²) in [6, 6.07) is 7.57. The van der Waals surface area contributed by atoms with Crippen LogP contribution in [0.15, 0.2) is 49.1 Å². The molecule has 22 heavy (non-hydrogen) atoms. The number of benzene rings is 1. The summed E-state index contributed by atoms with van der Waals surface area (Å²) in [6.45, 7) is 2.44. The van der Waals surface area contributed by atoms with Crippen molar-refractivity contribution in [3.8, 4) is 11.1 Å². The van der Waals surface area contributed by atoms with Crippen molar-refractivity contribution in [2.75, 3.05) is 5.32 Å². The Bertz CT molecular complexity index is 739. The van der Waals surface area contributed by atoms with Gasteiger partial charge in [0.15, 0.2) is 0 Å². The fraction of sp³-hybridized carbons (Fsp3) is 0.125. The zero-order valence-corrected chi connectivity index (χ0v) is 12.7. The van der Waals surface area contributed by atoms with Gasteiger partial charge >= 0.3 is 0 Å². The lowest BCUT2D eigenvalue weighted by Crippen LogP contribution is -2.05. The first kappa shape index (κ1) is 14.4. The van der Waals surface area contributed by atoms with Gasteiger partial charge in [0.25, 0.3) is 0 Å². The molecule has 0 atom stereocenters. The number of aryl methyl sites for hydroxylation is 1. The van der Waals surface area contributed by atoms with Gasteiger partial charge in [-0.15, -0.1) is 0 Å². The number of anilines is 1. The number of rotatable bonds is 4. The van der Waals surface area contributed by atoms with Gasteiger partial charge in [0.2, 0.25) is 5.95 Å². The first-order valence-corrected chi connectivity index (χ1v) is 7.18. The SMILES string of the molecule is Cc1cnc(CNc2ncc(-c3ccc(Cl)cc3)cn2)cn1. The summed E-state index contributed by atoms with van der Waals surface area (Å²) in [5.74, 6) is 0.556. The average Bonchev–Trinajstić information content (AvgIpc) is 2.56. The third-order valence-corrected chi connectivity index (χ3v) is 3.34. The van der Waals surface area contributed by atoms with Crippen LogP contribution in [0.2, 0.25) is 5.02 Å². The van der Waals surface area contributed by atoms with E-state index in [0.29, 0.717) is 17.5 Å². The smallest absolute Gasteiger partial charge is 0.222 e. The molecule has 0 aliphatic rings. The van der Waals surface area contributed by atoms with E-state index >= 15 is 0 Å². The molecule has 0 amide bonds. The summed E-state index contributed by atoms with van der Waals surface area (Å²) in [6.07, 6.45) is 7.03. The predicted octanol–water partition coefficient (Wildman–Crippen LogP) is 3.51. The van der Waals surface area contributed by atoms with E-state index in [1.165, 1.54) is 0 Å². The van der Waals surface area contributed by atoms with Crippen LogP contribution in [0.4, 0.5) is 5.95 Å². The van der Waals surface area contributed by atoms with Crippen LogP contribution in [0.3, 0.4) is 0 Å². The van der Waals surface area contributed by atoms with Crippen molar-refractivity contribution in [3.63, 3.8) is 0 Å². The fourth-order valence-electron chi connectivity index (χ4n) is 1.89. The molecule has 1 N–H and O–H groups in total. The number of nitrogens with one attached hydrogen (secondary N) is 1. The number of halogens is 1. The summed E-state index contributed by atoms with van der Waals surface area (Å²) >= 11 is 5.88. The van der Waals surface area contributed by atoms with E-state index in [4.69, 9.17) is 11.6 Å². The van der Waals surface area contributed by atoms with Crippen LogP contribution in [0.5, 0.6) is 0 Å². The number of aromatic nitrogens is 4. The lowest BCUT2D eigenvalue weighted by Gasteiger charge is -2.05. The van der Waals surface area contributed by atoms with Crippen LogP contribution in [0.25, 0.3) is 11.1 Å². The molecule has 0 unspecified atom stereocenters. The van der Waals surface area contributed by atoms with Gasteiger partial charge in [-0.25, -0.2) is 9.97 Å². The highest BCUT2D eigenvalue weighted by molar-refractivity contribution is 6.30. The minimum absolute atomic E-state index is 0.535. The van der Waals surface area contributed by atoms with Crippen molar-refractivity contribution >= 4 is 17.5 Å². The van der Waals surface area contributed by atoms with E-state index in [0.717, 1.165) is 22.5 Å². The van der Waals surface area contributed by atoms with E-state index in [1.54, 1.807) is 24.8 Å². The lowest BCUT2D eigenvalue weighted by molar-refractivity contribution is 0.963. The molecule has 3 aromatic rings. The van der Waals surface area contributed by atoms with Gasteiger partial charge < -0.3 is 5.32 Å². The molecule has 0 bridgehead atoms. The molecule has 0 saturated carbocycles. The quantitative estimate of drug-likeness (QED) is 0.799. The lowest BCUT2D eigenvalue weighted by atomic mass is 10.1. The van der Waals surface area contributed by atoms with Crippen LogP contribution < -0.4 is 5.32 Å². The topological polar surface area (TPSA) is 63.6 Å². The highest BCUT2D eigenvalue weighted by atomic mass is 35.5. The summed E-state index contributed by atoms with van der Waals surface area (Å²) in [7, 11) is 0. The fourth-order valence-corrected chi connectivity index (χ4v) is 2.02. The maximum atomic E-state index is 5.88. The Labute approximate surface area is 133 Å². The average molecular weight is 312 g/mol. The molecule has 6 heteroatoms. The second kappa shape index (κ2) is 6.49. The highest BCUT2D eigenvalue weighted by Gasteiger charge is 2.01. The molecule has 0 aliphatic heterocycles. The molecule has 2 aromatic heterocycles. The normalized spacial score (nSPS) is 10.5. The molecule has 2 heterocycles. The highest BCUT2D eigenvalue weighted by Crippen LogP contribution is 2.20. The molecular formula is C16H14ClN5. The second-order valence-electron chi connectivity index (χ2n) is 4.80. The molecule has 0 saturated heterocycles. The van der Waals surface area contributed by atoms with Crippen molar-refractivity contribution < 1.29 is 0 Å². The standard InChI is InChI=1S/C16H14ClN5/c1-11-6-19-15(9-18-11)10-22-16-20-7-13(8-21-16)12-2-4-14(17)5-3-12/h2-9H,10H2,1H3,(H,20,21,22). The third-order valence-electron chi connectivity index (χ3n) is 3.09. The van der Waals surface area contributed by atoms with E-state index in [-0.39, 0.29) is 0 Å². The Morgan fingerprint density at radius 2 is 1.59 bits per heavy atom. The number of nitrogens with zero attached hydrogens (tertiary/aromatic N) is 4. The molecular weight excluding hydrogens is 298 g/mol. The van der Waals surface area contributed by atoms with Crippen LogP contribution >= 0.6 is 11.6 Å². The van der Waals surface area contributed by atoms with E-state index in [9.17, 15) is 0 Å². The minimum Gasteiger partial charge on any atom is -0.349 e. The molecule has 0 radical (unpaired) electrons. The number of hydrogen-bond donors (Lipinski definition) is 1. The summed E-state index contributed by atoms with van der Waals surface area (Å²) in [5.41, 5.74) is 3.71. The molecule has 0 spiro atoms. The van der Waals surface area contributed by atoms with Gasteiger partial charge in [-0.1, -0.05) is 23.7 Å². The first-order chi connectivity index (χ1) is 10.7. The van der Waals surface area contributed by atoms with Crippen LogP contribution in [0, 0.1) is 6.92 Å². The Morgan fingerprint density at radius 3 is 2.23 bits per heavy atom. The second-order valence-corrected chi connectivity index (χ2v) is 5.24. The van der Waals surface area contributed by atoms with E-state index in [2.05, 4.69) is 25.3 Å². The molecule has 110 valence electrons. The van der Waals surface area contributed by atoms with Gasteiger partial charge in [0, 0.05) is 29.2 Å².